The number of halogens is 1. The summed E-state index contributed by atoms with van der Waals surface area (Å²) in [6, 6.07) is 7.19. The first-order chi connectivity index (χ1) is 15.9. The van der Waals surface area contributed by atoms with E-state index in [1.165, 1.54) is 21.7 Å². The van der Waals surface area contributed by atoms with E-state index in [4.69, 9.17) is 0 Å². The molecule has 0 bridgehead atoms. The fraction of sp³-hybridized carbons (Fsp3) is 0.455. The Kier molecular flexibility index (Phi) is 7.44. The molecular weight excluding hydrogens is 483 g/mol. The van der Waals surface area contributed by atoms with Gasteiger partial charge in [0, 0.05) is 19.6 Å². The number of hydrogen-bond donors (Lipinski definition) is 0. The van der Waals surface area contributed by atoms with E-state index in [1.54, 1.807) is 34.5 Å². The molecule has 11 heteroatoms. The van der Waals surface area contributed by atoms with Gasteiger partial charge in [0.15, 0.2) is 5.13 Å². The van der Waals surface area contributed by atoms with Gasteiger partial charge in [-0.2, -0.15) is 4.31 Å². The van der Waals surface area contributed by atoms with Gasteiger partial charge in [0.2, 0.25) is 5.91 Å². The second-order valence-corrected chi connectivity index (χ2v) is 11.9. The number of hydrogen-bond acceptors (Lipinski definition) is 7. The maximum absolute atomic E-state index is 14.3. The molecule has 1 aliphatic heterocycles. The smallest absolute Gasteiger partial charge is 0.253 e. The largest absolute Gasteiger partial charge is 0.302 e. The highest BCUT2D eigenvalue weighted by Crippen LogP contribution is 2.34. The number of benzene rings is 1. The number of likely N-dealkylation sites (N-methyl/N-ethyl adjacent to an activating group) is 1. The Balaban J connectivity index is 1.68. The Hall–Kier alpha value is -1.92. The number of aromatic nitrogens is 1. The predicted octanol–water partition coefficient (Wildman–Crippen LogP) is 4.03. The van der Waals surface area contributed by atoms with E-state index in [0.29, 0.717) is 42.3 Å². The minimum absolute atomic E-state index is 0.229. The first kappa shape index (κ1) is 24.2. The molecule has 0 spiro atoms. The minimum Gasteiger partial charge on any atom is -0.302 e. The first-order valence-electron chi connectivity index (χ1n) is 11.0. The molecule has 0 saturated carbocycles. The zero-order valence-electron chi connectivity index (χ0n) is 18.6. The molecule has 4 rings (SSSR count). The van der Waals surface area contributed by atoms with Crippen LogP contribution in [0.3, 0.4) is 0 Å². The number of thiophene rings is 1. The quantitative estimate of drug-likeness (QED) is 0.435. The minimum atomic E-state index is -3.76. The number of thiazole rings is 1. The number of carbonyl (C=O) groups excluding carboxylic acids is 1. The molecule has 178 valence electrons. The molecule has 0 radical (unpaired) electrons. The lowest BCUT2D eigenvalue weighted by molar-refractivity contribution is -0.121. The van der Waals surface area contributed by atoms with Gasteiger partial charge in [0.1, 0.15) is 21.6 Å². The first-order valence-corrected chi connectivity index (χ1v) is 14.1. The van der Waals surface area contributed by atoms with Crippen molar-refractivity contribution in [3.8, 4) is 0 Å². The molecule has 7 nitrogen and oxygen atoms in total. The third kappa shape index (κ3) is 4.83. The molecular formula is C22H27FN4O3S3. The normalized spacial score (nSPS) is 17.3. The second kappa shape index (κ2) is 10.1. The molecule has 1 fully saturated rings. The summed E-state index contributed by atoms with van der Waals surface area (Å²) in [5.41, 5.74) is 0.229. The Bertz CT molecular complexity index is 1210. The van der Waals surface area contributed by atoms with E-state index in [9.17, 15) is 17.6 Å². The van der Waals surface area contributed by atoms with Crippen molar-refractivity contribution in [1.29, 1.82) is 0 Å². The van der Waals surface area contributed by atoms with Gasteiger partial charge in [0.25, 0.3) is 10.0 Å². The average Bonchev–Trinajstić information content (AvgIpc) is 3.57. The second-order valence-electron chi connectivity index (χ2n) is 7.81. The number of carbonyl (C=O) groups is 1. The molecule has 33 heavy (non-hydrogen) atoms. The van der Waals surface area contributed by atoms with Crippen LogP contribution in [-0.2, 0) is 14.8 Å². The molecule has 1 amide bonds. The van der Waals surface area contributed by atoms with E-state index in [-0.39, 0.29) is 15.6 Å². The number of fused-ring (bicyclic) bond motifs is 1. The lowest BCUT2D eigenvalue weighted by atomic mass is 10.2. The summed E-state index contributed by atoms with van der Waals surface area (Å²) in [5.74, 6) is -0.742. The number of amides is 1. The summed E-state index contributed by atoms with van der Waals surface area (Å²) in [5, 5.41) is 2.11. The van der Waals surface area contributed by atoms with Crippen LogP contribution in [-0.4, -0.2) is 67.3 Å². The summed E-state index contributed by atoms with van der Waals surface area (Å²) in [4.78, 5) is 22.0. The van der Waals surface area contributed by atoms with Crippen molar-refractivity contribution in [2.45, 2.75) is 36.9 Å². The molecule has 2 aromatic heterocycles. The average molecular weight is 511 g/mol. The maximum atomic E-state index is 14.3. The Morgan fingerprint density at radius 1 is 1.21 bits per heavy atom. The third-order valence-electron chi connectivity index (χ3n) is 5.94. The van der Waals surface area contributed by atoms with Crippen LogP contribution < -0.4 is 4.90 Å². The predicted molar refractivity (Wildman–Crippen MR) is 131 cm³/mol. The lowest BCUT2D eigenvalue weighted by Gasteiger charge is -2.29. The zero-order chi connectivity index (χ0) is 23.6. The van der Waals surface area contributed by atoms with Crippen LogP contribution in [0.1, 0.15) is 26.7 Å². The van der Waals surface area contributed by atoms with Crippen LogP contribution in [0.15, 0.2) is 39.9 Å². The molecule has 1 saturated heterocycles. The van der Waals surface area contributed by atoms with Crippen LogP contribution in [0.2, 0.25) is 0 Å². The van der Waals surface area contributed by atoms with Crippen LogP contribution in [0.25, 0.3) is 10.2 Å². The summed E-state index contributed by atoms with van der Waals surface area (Å²) in [6.07, 6.45) is 1.06. The standard InChI is InChI=1S/C22H27FN4O3S3/c1-3-25(4-2)13-14-26(22-24-20-16(23)8-5-10-18(20)32-22)21(28)17-9-6-12-27(17)33(29,30)19-11-7-15-31-19/h5,7-8,10-11,15,17H,3-4,6,9,12-14H2,1-2H3. The van der Waals surface area contributed by atoms with E-state index in [2.05, 4.69) is 23.7 Å². The zero-order valence-corrected chi connectivity index (χ0v) is 21.1. The van der Waals surface area contributed by atoms with Gasteiger partial charge >= 0.3 is 0 Å². The monoisotopic (exact) mass is 510 g/mol. The Morgan fingerprint density at radius 2 is 2.00 bits per heavy atom. The SMILES string of the molecule is CCN(CC)CCN(C(=O)C1CCCN1S(=O)(=O)c1cccs1)c1nc2c(F)cccc2s1. The van der Waals surface area contributed by atoms with Gasteiger partial charge in [0.05, 0.1) is 4.70 Å². The van der Waals surface area contributed by atoms with E-state index < -0.39 is 21.9 Å². The summed E-state index contributed by atoms with van der Waals surface area (Å²) in [7, 11) is -3.76. The van der Waals surface area contributed by atoms with Crippen molar-refractivity contribution < 1.29 is 17.6 Å². The number of sulfonamides is 1. The van der Waals surface area contributed by atoms with Crippen LogP contribution in [0.5, 0.6) is 0 Å². The van der Waals surface area contributed by atoms with Gasteiger partial charge < -0.3 is 4.90 Å². The van der Waals surface area contributed by atoms with Crippen molar-refractivity contribution >= 4 is 54.0 Å². The highest BCUT2D eigenvalue weighted by atomic mass is 32.2. The molecule has 0 aliphatic carbocycles. The Labute approximate surface area is 201 Å². The molecule has 0 N–H and O–H groups in total. The van der Waals surface area contributed by atoms with Gasteiger partial charge in [-0.25, -0.2) is 17.8 Å². The van der Waals surface area contributed by atoms with Crippen molar-refractivity contribution in [3.05, 3.63) is 41.5 Å². The fourth-order valence-corrected chi connectivity index (χ4v) is 7.86. The van der Waals surface area contributed by atoms with Crippen LogP contribution in [0.4, 0.5) is 9.52 Å². The molecule has 1 unspecified atom stereocenters. The lowest BCUT2D eigenvalue weighted by Crippen LogP contribution is -2.49. The van der Waals surface area contributed by atoms with E-state index in [0.717, 1.165) is 24.4 Å². The van der Waals surface area contributed by atoms with Crippen molar-refractivity contribution in [1.82, 2.24) is 14.2 Å². The highest BCUT2D eigenvalue weighted by Gasteiger charge is 2.42. The number of rotatable bonds is 9. The van der Waals surface area contributed by atoms with Crippen molar-refractivity contribution in [2.24, 2.45) is 0 Å². The summed E-state index contributed by atoms with van der Waals surface area (Å²) < 4.78 is 42.9. The fourth-order valence-electron chi connectivity index (χ4n) is 4.08. The third-order valence-corrected chi connectivity index (χ3v) is 10.3. The van der Waals surface area contributed by atoms with Gasteiger partial charge in [-0.05, 0) is 49.5 Å². The number of anilines is 1. The maximum Gasteiger partial charge on any atom is 0.253 e. The van der Waals surface area contributed by atoms with Gasteiger partial charge in [-0.15, -0.1) is 11.3 Å². The molecule has 3 heterocycles. The highest BCUT2D eigenvalue weighted by molar-refractivity contribution is 7.91. The molecule has 1 aliphatic rings. The van der Waals surface area contributed by atoms with E-state index >= 15 is 0 Å². The van der Waals surface area contributed by atoms with Crippen LogP contribution in [0, 0.1) is 5.82 Å². The van der Waals surface area contributed by atoms with Crippen LogP contribution >= 0.6 is 22.7 Å². The molecule has 1 aromatic carbocycles. The number of nitrogens with zero attached hydrogens (tertiary/aromatic N) is 4. The van der Waals surface area contributed by atoms with Crippen molar-refractivity contribution in [2.75, 3.05) is 37.6 Å². The van der Waals surface area contributed by atoms with Gasteiger partial charge in [-0.1, -0.05) is 37.3 Å². The molecule has 1 atom stereocenters. The topological polar surface area (TPSA) is 73.8 Å². The van der Waals surface area contributed by atoms with Gasteiger partial charge in [-0.3, -0.25) is 9.69 Å². The summed E-state index contributed by atoms with van der Waals surface area (Å²) in [6.45, 7) is 7.02. The summed E-state index contributed by atoms with van der Waals surface area (Å²) >= 11 is 2.40. The molecule has 3 aromatic rings. The number of para-hydroxylation sites is 1. The van der Waals surface area contributed by atoms with Crippen molar-refractivity contribution in [3.63, 3.8) is 0 Å². The van der Waals surface area contributed by atoms with E-state index in [1.807, 2.05) is 0 Å². The Morgan fingerprint density at radius 3 is 2.67 bits per heavy atom.